The molecule has 7 aromatic carbocycles. The number of tetrazole rings is 1. The average Bonchev–Trinajstić information content (AvgIpc) is 1.76. The molecule has 0 amide bonds. The molecule has 0 unspecified atom stereocenters. The Balaban J connectivity index is 0.000000154. The number of pyridine rings is 3. The summed E-state index contributed by atoms with van der Waals surface area (Å²) in [5.41, 5.74) is 13.2. The van der Waals surface area contributed by atoms with Gasteiger partial charge >= 0.3 is 0 Å². The molecule has 570 valence electrons. The van der Waals surface area contributed by atoms with Crippen LogP contribution in [0.15, 0.2) is 427 Å². The molecule has 0 saturated heterocycles. The Kier molecular flexibility index (Phi) is 42.4. The predicted molar refractivity (Wildman–Crippen MR) is 461 cm³/mol. The zero-order valence-electron chi connectivity index (χ0n) is 63.2. The van der Waals surface area contributed by atoms with E-state index in [-0.39, 0.29) is 0 Å². The molecule has 2 N–H and O–H groups in total. The Labute approximate surface area is 668 Å². The van der Waals surface area contributed by atoms with Gasteiger partial charge in [-0.15, -0.1) is 10.2 Å². The summed E-state index contributed by atoms with van der Waals surface area (Å²) in [4.78, 5) is 50.9. The first-order chi connectivity index (χ1) is 57.3. The van der Waals surface area contributed by atoms with E-state index in [0.29, 0.717) is 0 Å². The molecule has 2 aliphatic carbocycles. The van der Waals surface area contributed by atoms with Crippen LogP contribution in [0.4, 0.5) is 11.4 Å². The van der Waals surface area contributed by atoms with E-state index in [9.17, 15) is 0 Å². The lowest BCUT2D eigenvalue weighted by Crippen LogP contribution is -1.79. The smallest absolute Gasteiger partial charge is 0.161 e. The van der Waals surface area contributed by atoms with Crippen molar-refractivity contribution in [1.29, 1.82) is 0 Å². The molecular weight excluding hydrogens is 1430 g/mol. The van der Waals surface area contributed by atoms with E-state index < -0.39 is 0 Å². The van der Waals surface area contributed by atoms with Crippen LogP contribution >= 0.6 is 0 Å². The molecule has 16 aromatic rings. The number of nitrogens with one attached hydrogen (secondary N) is 2. The molecule has 23 rings (SSSR count). The Hall–Kier alpha value is -15.7. The fourth-order valence-electron chi connectivity index (χ4n) is 9.55. The zero-order chi connectivity index (χ0) is 79.5. The number of aromatic amines is 2. The summed E-state index contributed by atoms with van der Waals surface area (Å²) in [6.07, 6.45) is 64.0. The van der Waals surface area contributed by atoms with E-state index in [2.05, 4.69) is 231 Å². The molecule has 9 aromatic heterocycles. The van der Waals surface area contributed by atoms with Crippen LogP contribution in [0.1, 0.15) is 46.2 Å². The highest BCUT2D eigenvalue weighted by Crippen LogP contribution is 2.25. The van der Waals surface area contributed by atoms with Gasteiger partial charge < -0.3 is 0 Å². The second-order valence-electron chi connectivity index (χ2n) is 23.1. The number of para-hydroxylation sites is 4. The molecular formula is C91H86N24. The minimum Gasteiger partial charge on any atom is -0.289 e. The van der Waals surface area contributed by atoms with Crippen molar-refractivity contribution in [3.8, 4) is 0 Å². The number of allylic oxidation sites excluding steroid dienone is 7. The van der Waals surface area contributed by atoms with Crippen molar-refractivity contribution in [2.45, 2.75) is 38.8 Å². The van der Waals surface area contributed by atoms with Crippen LogP contribution < -0.4 is 0 Å². The molecule has 0 bridgehead atoms. The first kappa shape index (κ1) is 84.9. The molecule has 14 heterocycles. The molecule has 0 saturated carbocycles. The third-order valence-electron chi connectivity index (χ3n) is 15.0. The number of benzene rings is 7. The third kappa shape index (κ3) is 37.8. The van der Waals surface area contributed by atoms with Gasteiger partial charge in [0.25, 0.3) is 0 Å². The Morgan fingerprint density at radius 1 is 0.322 bits per heavy atom. The molecule has 7 aliphatic rings. The first-order valence-corrected chi connectivity index (χ1v) is 36.4. The Morgan fingerprint density at radius 2 is 0.930 bits per heavy atom. The van der Waals surface area contributed by atoms with Gasteiger partial charge in [0.05, 0.1) is 60.0 Å². The van der Waals surface area contributed by atoms with Crippen molar-refractivity contribution in [2.24, 2.45) is 30.2 Å². The van der Waals surface area contributed by atoms with Crippen molar-refractivity contribution < 1.29 is 0 Å². The molecule has 24 heteroatoms. The molecule has 0 atom stereocenters. The number of aromatic nitrogens is 18. The predicted octanol–water partition coefficient (Wildman–Crippen LogP) is 18.8. The number of H-pyrrole nitrogens is 2. The van der Waals surface area contributed by atoms with Gasteiger partial charge in [0.15, 0.2) is 6.33 Å². The monoisotopic (exact) mass is 1510 g/mol. The third-order valence-corrected chi connectivity index (χ3v) is 15.0. The molecule has 5 aliphatic heterocycles. The van der Waals surface area contributed by atoms with Gasteiger partial charge in [0.2, 0.25) is 0 Å². The van der Waals surface area contributed by atoms with E-state index in [1.165, 1.54) is 62.2 Å². The number of aliphatic imine (C=N–C) groups is 4. The summed E-state index contributed by atoms with van der Waals surface area (Å²) in [7, 11) is 0. The van der Waals surface area contributed by atoms with Crippen LogP contribution in [0.3, 0.4) is 0 Å². The van der Waals surface area contributed by atoms with Crippen molar-refractivity contribution in [3.05, 3.63) is 431 Å². The summed E-state index contributed by atoms with van der Waals surface area (Å²) < 4.78 is 0. The number of nitrogens with zero attached hydrogens (tertiary/aromatic N) is 22. The Morgan fingerprint density at radius 3 is 1.42 bits per heavy atom. The van der Waals surface area contributed by atoms with Crippen molar-refractivity contribution in [3.63, 3.8) is 0 Å². The zero-order valence-corrected chi connectivity index (χ0v) is 63.2. The highest BCUT2D eigenvalue weighted by molar-refractivity contribution is 5.84. The van der Waals surface area contributed by atoms with Crippen LogP contribution in [-0.2, 0) is 25.9 Å². The van der Waals surface area contributed by atoms with Gasteiger partial charge in [-0.3, -0.25) is 54.9 Å². The second kappa shape index (κ2) is 57.4. The summed E-state index contributed by atoms with van der Waals surface area (Å²) in [6, 6.07) is 74.2. The van der Waals surface area contributed by atoms with E-state index in [4.69, 9.17) is 0 Å². The second-order valence-corrected chi connectivity index (χ2v) is 23.1. The number of rotatable bonds is 0. The SMILES string of the molecule is C1=CCC=C1.C1=CCN=C1.C1=CN=CC1.C1=Cc2ccccc2C1.C1=NCc2ccccc21.C1=Nc2ccccc2C1.c1ccc2c(c1)CN=N2.c1ccc2cnccc2c1.c1ccc2ncccc2c1.c1ccc2nccnc2c1.c1ccncc1.c1ccnnc1.c1cn[nH]n1.c1cnccn1.c1cncnc1.c1nn[nH]n1. The maximum Gasteiger partial charge on any atom is 0.161 e. The summed E-state index contributed by atoms with van der Waals surface area (Å²) in [5, 5.41) is 40.0. The molecule has 24 nitrogen and oxygen atoms in total. The summed E-state index contributed by atoms with van der Waals surface area (Å²) in [5.74, 6) is 0. The maximum atomic E-state index is 4.18. The maximum absolute atomic E-state index is 4.18. The van der Waals surface area contributed by atoms with Crippen LogP contribution in [0.2, 0.25) is 0 Å². The highest BCUT2D eigenvalue weighted by Gasteiger charge is 2.05. The lowest BCUT2D eigenvalue weighted by Gasteiger charge is -1.93. The van der Waals surface area contributed by atoms with Gasteiger partial charge in [0, 0.05) is 148 Å². The van der Waals surface area contributed by atoms with Gasteiger partial charge in [-0.25, -0.2) is 9.97 Å². The van der Waals surface area contributed by atoms with Gasteiger partial charge in [-0.1, -0.05) is 205 Å². The molecule has 115 heavy (non-hydrogen) atoms. The Bertz CT molecular complexity index is 4490. The van der Waals surface area contributed by atoms with Crippen LogP contribution in [0, 0.1) is 0 Å². The lowest BCUT2D eigenvalue weighted by atomic mass is 10.1. The van der Waals surface area contributed by atoms with Crippen molar-refractivity contribution in [2.75, 3.05) is 6.54 Å². The van der Waals surface area contributed by atoms with E-state index in [1.807, 2.05) is 201 Å². The fourth-order valence-corrected chi connectivity index (χ4v) is 9.55. The van der Waals surface area contributed by atoms with E-state index in [0.717, 1.165) is 73.2 Å². The topological polar surface area (TPSA) is 312 Å². The number of hydrogen-bond acceptors (Lipinski definition) is 22. The lowest BCUT2D eigenvalue weighted by molar-refractivity contribution is 0.881. The van der Waals surface area contributed by atoms with E-state index >= 15 is 0 Å². The minimum absolute atomic E-state index is 0.760. The summed E-state index contributed by atoms with van der Waals surface area (Å²) >= 11 is 0. The number of fused-ring (bicyclic) bond motifs is 7. The normalized spacial score (nSPS) is 11.6. The van der Waals surface area contributed by atoms with Crippen LogP contribution in [0.25, 0.3) is 38.8 Å². The van der Waals surface area contributed by atoms with Crippen molar-refractivity contribution >= 4 is 75.0 Å². The van der Waals surface area contributed by atoms with Gasteiger partial charge in [0.1, 0.15) is 6.33 Å². The fraction of sp³-hybridized carbons (Fsp3) is 0.0769. The van der Waals surface area contributed by atoms with E-state index in [1.54, 1.807) is 105 Å². The average molecular weight is 1520 g/mol. The summed E-state index contributed by atoms with van der Waals surface area (Å²) in [6.45, 7) is 2.52. The van der Waals surface area contributed by atoms with Crippen molar-refractivity contribution in [1.82, 2.24) is 91.1 Å². The highest BCUT2D eigenvalue weighted by atomic mass is 15.5. The van der Waals surface area contributed by atoms with Crippen LogP contribution in [0.5, 0.6) is 0 Å². The first-order valence-electron chi connectivity index (χ1n) is 36.4. The van der Waals surface area contributed by atoms with Crippen LogP contribution in [-0.4, -0.2) is 122 Å². The minimum atomic E-state index is 0.760. The van der Waals surface area contributed by atoms with Gasteiger partial charge in [-0.2, -0.15) is 41.0 Å². The number of hydrogen-bond donors (Lipinski definition) is 2. The molecule has 0 spiro atoms. The quantitative estimate of drug-likeness (QED) is 0.142. The molecule has 0 fully saturated rings. The van der Waals surface area contributed by atoms with Gasteiger partial charge in [-0.05, 0) is 130 Å². The largest absolute Gasteiger partial charge is 0.289 e. The number of azo groups is 1. The standard InChI is InChI=1S/2C9H7N.C9H8.C8H6N2.2C8H7N.C7H6N2.C5H5N.C5H6.3C4H4N2.2C4H5N.C2H3N3.CH2N4/c1-2-6-9-8(4-1)5-3-7-10-9;1-2-4-9-7-10-6-5-8(9)3-1;1-2-5-9-7-3-6-8(9)4-1;1-2-4-8-7(3-1)9-5-6-10-8;1-2-4-8-6-9-5-7(8)3-1;1-2-4-8-7(3-1)5-6-9-8;1-2-4-7-6(3-1)5-8-9-7;1-2-4-6-5-3-1;1-2-4-5-3-1;1-2-6-4-3-5-1;1-2-5-4-6-3-1;1-2-4-6-5-3-1;4*1-2-4-5-3-1/h2*1-7H;1-6H,7H2;1-6H;1-5H,6H2;1-4,6H,5H2;1-4H,5H2;1-5H;1-4H,5H2;3*1-4H;1,3-4H,2H2;1-3H,4H2;1-2H,(H,3,4,5);1H,(H,2,3,4,5). The molecule has 0 radical (unpaired) electrons.